The molecule has 0 bridgehead atoms. The lowest BCUT2D eigenvalue weighted by Gasteiger charge is -1.94. The van der Waals surface area contributed by atoms with Crippen LogP contribution in [0.3, 0.4) is 0 Å². The molecule has 3 nitrogen and oxygen atoms in total. The van der Waals surface area contributed by atoms with Gasteiger partial charge >= 0.3 is 0 Å². The number of ether oxygens (including phenoxy) is 1. The van der Waals surface area contributed by atoms with Gasteiger partial charge in [0.1, 0.15) is 13.1 Å². The number of hydrogen-bond donors (Lipinski definition) is 1. The summed E-state index contributed by atoms with van der Waals surface area (Å²) in [7, 11) is 0. The Morgan fingerprint density at radius 3 is 2.88 bits per heavy atom. The van der Waals surface area contributed by atoms with Crippen LogP contribution in [0.15, 0.2) is 12.2 Å². The van der Waals surface area contributed by atoms with Gasteiger partial charge in [-0.1, -0.05) is 6.58 Å². The predicted octanol–water partition coefficient (Wildman–Crippen LogP) is -0.292. The highest BCUT2D eigenvalue weighted by atomic mass is 16.6. The number of aliphatic hydroxyl groups excluding tert-OH is 1. The Morgan fingerprint density at radius 1 is 1.88 bits per heavy atom. The smallest absolute Gasteiger partial charge is 0.147 e. The summed E-state index contributed by atoms with van der Waals surface area (Å²) in [6.45, 7) is 3.05. The van der Waals surface area contributed by atoms with Crippen LogP contribution in [0, 0.1) is 0 Å². The first-order chi connectivity index (χ1) is 3.81. The summed E-state index contributed by atoms with van der Waals surface area (Å²) in [5.41, 5.74) is 0.332. The topological polar surface area (TPSA) is 46.5 Å². The van der Waals surface area contributed by atoms with Crippen molar-refractivity contribution in [3.63, 3.8) is 0 Å². The predicted molar refractivity (Wildman–Crippen MR) is 28.2 cm³/mol. The van der Waals surface area contributed by atoms with E-state index in [1.807, 2.05) is 0 Å². The summed E-state index contributed by atoms with van der Waals surface area (Å²) in [6.07, 6.45) is 0.593. The van der Waals surface area contributed by atoms with Crippen LogP contribution in [0.25, 0.3) is 0 Å². The van der Waals surface area contributed by atoms with Crippen LogP contribution in [0.4, 0.5) is 0 Å². The van der Waals surface area contributed by atoms with Crippen LogP contribution in [0.5, 0.6) is 0 Å². The molecule has 0 aromatic heterocycles. The van der Waals surface area contributed by atoms with Gasteiger partial charge in [0, 0.05) is 5.57 Å². The molecule has 0 aliphatic rings. The highest BCUT2D eigenvalue weighted by molar-refractivity contribution is 5.72. The van der Waals surface area contributed by atoms with Crippen molar-refractivity contribution in [1.29, 1.82) is 0 Å². The van der Waals surface area contributed by atoms with Crippen LogP contribution in [0.2, 0.25) is 0 Å². The van der Waals surface area contributed by atoms with Gasteiger partial charge in [-0.25, -0.2) is 0 Å². The Hall–Kier alpha value is -0.670. The number of hydrogen-bond acceptors (Lipinski definition) is 3. The summed E-state index contributed by atoms with van der Waals surface area (Å²) < 4.78 is 4.41. The van der Waals surface area contributed by atoms with Crippen molar-refractivity contribution in [2.75, 3.05) is 13.4 Å². The third kappa shape index (κ3) is 3.52. The standard InChI is InChI=1S/C5H8O3/c1-5(2-6)3-8-4-7/h2,7H,1,3-4H2. The molecule has 0 saturated carbocycles. The highest BCUT2D eigenvalue weighted by Crippen LogP contribution is 1.82. The average molecular weight is 116 g/mol. The van der Waals surface area contributed by atoms with Crippen molar-refractivity contribution < 1.29 is 14.6 Å². The molecule has 0 aliphatic heterocycles. The molecule has 0 amide bonds. The zero-order valence-corrected chi connectivity index (χ0v) is 4.46. The molecule has 0 heterocycles. The first-order valence-corrected chi connectivity index (χ1v) is 2.13. The van der Waals surface area contributed by atoms with Crippen molar-refractivity contribution in [3.05, 3.63) is 12.2 Å². The van der Waals surface area contributed by atoms with Crippen LogP contribution in [-0.4, -0.2) is 24.8 Å². The van der Waals surface area contributed by atoms with E-state index in [4.69, 9.17) is 5.11 Å². The molecule has 0 atom stereocenters. The largest absolute Gasteiger partial charge is 0.371 e. The van der Waals surface area contributed by atoms with Gasteiger partial charge in [-0.05, 0) is 0 Å². The van der Waals surface area contributed by atoms with E-state index in [0.717, 1.165) is 0 Å². The van der Waals surface area contributed by atoms with Gasteiger partial charge in [-0.2, -0.15) is 0 Å². The first kappa shape index (κ1) is 7.33. The summed E-state index contributed by atoms with van der Waals surface area (Å²) in [5.74, 6) is 0. The Labute approximate surface area is 47.6 Å². The summed E-state index contributed by atoms with van der Waals surface area (Å²) in [6, 6.07) is 0. The fourth-order valence-electron chi connectivity index (χ4n) is 0.211. The van der Waals surface area contributed by atoms with Crippen molar-refractivity contribution >= 4 is 6.29 Å². The SMILES string of the molecule is C=C(C=O)COCO. The van der Waals surface area contributed by atoms with Gasteiger partial charge in [0.05, 0.1) is 6.61 Å². The van der Waals surface area contributed by atoms with E-state index >= 15 is 0 Å². The molecule has 0 fully saturated rings. The maximum absolute atomic E-state index is 9.75. The van der Waals surface area contributed by atoms with E-state index in [0.29, 0.717) is 11.9 Å². The Balaban J connectivity index is 3.11. The van der Waals surface area contributed by atoms with E-state index in [-0.39, 0.29) is 13.4 Å². The Kier molecular flexibility index (Phi) is 4.11. The van der Waals surface area contributed by atoms with Crippen LogP contribution < -0.4 is 0 Å². The van der Waals surface area contributed by atoms with Gasteiger partial charge < -0.3 is 9.84 Å². The molecule has 0 saturated heterocycles. The quantitative estimate of drug-likeness (QED) is 0.312. The number of aliphatic hydroxyl groups is 1. The molecule has 46 valence electrons. The number of carbonyl (C=O) groups is 1. The molecule has 1 N–H and O–H groups in total. The lowest BCUT2D eigenvalue weighted by Crippen LogP contribution is -1.98. The van der Waals surface area contributed by atoms with Crippen molar-refractivity contribution in [3.8, 4) is 0 Å². The minimum absolute atomic E-state index is 0.111. The molecule has 0 aromatic rings. The third-order valence-electron chi connectivity index (χ3n) is 0.545. The molecule has 0 spiro atoms. The van der Waals surface area contributed by atoms with Gasteiger partial charge in [-0.3, -0.25) is 4.79 Å². The van der Waals surface area contributed by atoms with Gasteiger partial charge in [0.15, 0.2) is 0 Å². The van der Waals surface area contributed by atoms with Crippen molar-refractivity contribution in [2.24, 2.45) is 0 Å². The van der Waals surface area contributed by atoms with Crippen molar-refractivity contribution in [1.82, 2.24) is 0 Å². The lowest BCUT2D eigenvalue weighted by atomic mass is 10.4. The molecule has 0 aliphatic carbocycles. The van der Waals surface area contributed by atoms with Gasteiger partial charge in [0.2, 0.25) is 0 Å². The molecular formula is C5H8O3. The molecule has 0 unspecified atom stereocenters. The van der Waals surface area contributed by atoms with E-state index in [1.165, 1.54) is 0 Å². The lowest BCUT2D eigenvalue weighted by molar-refractivity contribution is -0.105. The number of aldehydes is 1. The van der Waals surface area contributed by atoms with Gasteiger partial charge in [0.25, 0.3) is 0 Å². The summed E-state index contributed by atoms with van der Waals surface area (Å²) in [4.78, 5) is 9.75. The minimum atomic E-state index is -0.368. The Bertz CT molecular complexity index is 87.7. The molecular weight excluding hydrogens is 108 g/mol. The van der Waals surface area contributed by atoms with Crippen LogP contribution in [-0.2, 0) is 9.53 Å². The van der Waals surface area contributed by atoms with E-state index in [9.17, 15) is 4.79 Å². The van der Waals surface area contributed by atoms with Crippen LogP contribution in [0.1, 0.15) is 0 Å². The fraction of sp³-hybridized carbons (Fsp3) is 0.400. The van der Waals surface area contributed by atoms with E-state index in [2.05, 4.69) is 11.3 Å². The molecule has 0 rings (SSSR count). The first-order valence-electron chi connectivity index (χ1n) is 2.13. The van der Waals surface area contributed by atoms with Crippen LogP contribution >= 0.6 is 0 Å². The van der Waals surface area contributed by atoms with E-state index in [1.54, 1.807) is 0 Å². The zero-order valence-electron chi connectivity index (χ0n) is 4.46. The number of rotatable bonds is 4. The maximum atomic E-state index is 9.75. The van der Waals surface area contributed by atoms with E-state index < -0.39 is 0 Å². The minimum Gasteiger partial charge on any atom is -0.371 e. The summed E-state index contributed by atoms with van der Waals surface area (Å²) in [5, 5.41) is 8.03. The second-order valence-corrected chi connectivity index (χ2v) is 1.25. The van der Waals surface area contributed by atoms with Gasteiger partial charge in [-0.15, -0.1) is 0 Å². The Morgan fingerprint density at radius 2 is 2.50 bits per heavy atom. The monoisotopic (exact) mass is 116 g/mol. The molecule has 0 radical (unpaired) electrons. The maximum Gasteiger partial charge on any atom is 0.147 e. The highest BCUT2D eigenvalue weighted by Gasteiger charge is 1.87. The normalized spacial score (nSPS) is 8.62. The molecule has 3 heteroatoms. The second-order valence-electron chi connectivity index (χ2n) is 1.25. The summed E-state index contributed by atoms with van der Waals surface area (Å²) >= 11 is 0. The zero-order chi connectivity index (χ0) is 6.41. The molecule has 8 heavy (non-hydrogen) atoms. The second kappa shape index (κ2) is 4.49. The fourth-order valence-corrected chi connectivity index (χ4v) is 0.211. The average Bonchev–Trinajstić information content (AvgIpc) is 1.83. The third-order valence-corrected chi connectivity index (χ3v) is 0.545. The van der Waals surface area contributed by atoms with Crippen molar-refractivity contribution in [2.45, 2.75) is 0 Å². The number of carbonyl (C=O) groups excluding carboxylic acids is 1. The molecule has 0 aromatic carbocycles.